The Balaban J connectivity index is 1.60. The van der Waals surface area contributed by atoms with Crippen LogP contribution in [0.5, 0.6) is 5.75 Å². The van der Waals surface area contributed by atoms with Crippen LogP contribution < -0.4 is 9.64 Å². The fraction of sp³-hybridized carbons (Fsp3) is 0.333. The first kappa shape index (κ1) is 16.6. The molecule has 0 bridgehead atoms. The predicted octanol–water partition coefficient (Wildman–Crippen LogP) is 3.54. The highest BCUT2D eigenvalue weighted by Crippen LogP contribution is 2.34. The molecule has 5 heteroatoms. The van der Waals surface area contributed by atoms with Crippen molar-refractivity contribution in [1.82, 2.24) is 14.8 Å². The molecule has 1 aliphatic rings. The van der Waals surface area contributed by atoms with Crippen molar-refractivity contribution >= 4 is 5.95 Å². The quantitative estimate of drug-likeness (QED) is 0.723. The lowest BCUT2D eigenvalue weighted by atomic mass is 9.93. The third kappa shape index (κ3) is 2.94. The van der Waals surface area contributed by atoms with Gasteiger partial charge in [0.15, 0.2) is 0 Å². The zero-order valence-electron chi connectivity index (χ0n) is 15.5. The molecule has 0 aliphatic carbocycles. The maximum atomic E-state index is 5.37. The van der Waals surface area contributed by atoms with Crippen molar-refractivity contribution in [3.8, 4) is 5.75 Å². The fourth-order valence-corrected chi connectivity index (χ4v) is 3.74. The summed E-state index contributed by atoms with van der Waals surface area (Å²) in [6, 6.07) is 17.0. The van der Waals surface area contributed by atoms with Gasteiger partial charge in [0.1, 0.15) is 11.6 Å². The zero-order chi connectivity index (χ0) is 18.1. The number of ether oxygens (including phenoxy) is 1. The van der Waals surface area contributed by atoms with Gasteiger partial charge in [-0.3, -0.25) is 0 Å². The van der Waals surface area contributed by atoms with Crippen LogP contribution >= 0.6 is 0 Å². The molecule has 0 saturated heterocycles. The van der Waals surface area contributed by atoms with Crippen LogP contribution in [0.2, 0.25) is 0 Å². The number of aromatic nitrogens is 3. The van der Waals surface area contributed by atoms with E-state index in [1.54, 1.807) is 7.11 Å². The van der Waals surface area contributed by atoms with Crippen molar-refractivity contribution in [3.63, 3.8) is 0 Å². The number of rotatable bonds is 4. The molecule has 0 fully saturated rings. The Morgan fingerprint density at radius 1 is 1.12 bits per heavy atom. The Bertz CT molecular complexity index is 904. The van der Waals surface area contributed by atoms with E-state index in [9.17, 15) is 0 Å². The molecule has 0 radical (unpaired) electrons. The van der Waals surface area contributed by atoms with Gasteiger partial charge in [-0.15, -0.1) is 10.2 Å². The second kappa shape index (κ2) is 6.83. The van der Waals surface area contributed by atoms with E-state index in [2.05, 4.69) is 70.0 Å². The molecule has 26 heavy (non-hydrogen) atoms. The highest BCUT2D eigenvalue weighted by atomic mass is 16.5. The van der Waals surface area contributed by atoms with E-state index in [-0.39, 0.29) is 6.04 Å². The molecule has 0 spiro atoms. The molecule has 5 nitrogen and oxygen atoms in total. The van der Waals surface area contributed by atoms with E-state index in [0.29, 0.717) is 0 Å². The topological polar surface area (TPSA) is 43.2 Å². The van der Waals surface area contributed by atoms with Crippen molar-refractivity contribution in [2.75, 3.05) is 18.6 Å². The molecule has 0 amide bonds. The van der Waals surface area contributed by atoms with E-state index < -0.39 is 0 Å². The Hall–Kier alpha value is -2.82. The molecule has 1 atom stereocenters. The van der Waals surface area contributed by atoms with Crippen LogP contribution in [0.3, 0.4) is 0 Å². The van der Waals surface area contributed by atoms with Gasteiger partial charge in [-0.05, 0) is 42.2 Å². The Labute approximate surface area is 154 Å². The molecule has 4 rings (SSSR count). The normalized spacial score (nSPS) is 16.4. The number of benzene rings is 2. The summed E-state index contributed by atoms with van der Waals surface area (Å²) >= 11 is 0. The Morgan fingerprint density at radius 2 is 1.92 bits per heavy atom. The third-order valence-electron chi connectivity index (χ3n) is 5.29. The van der Waals surface area contributed by atoms with E-state index in [4.69, 9.17) is 4.74 Å². The standard InChI is InChI=1S/C21H24N4O/c1-15-19-10-9-18(26-3)14-17(19)11-12-25(15)21-23-22-20(24(21)2)13-16-7-5-4-6-8-16/h4-10,14-15H,11-13H2,1-3H3. The van der Waals surface area contributed by atoms with Gasteiger partial charge in [0.25, 0.3) is 0 Å². The SMILES string of the molecule is COc1ccc2c(c1)CCN(c1nnc(Cc3ccccc3)n1C)C2C. The summed E-state index contributed by atoms with van der Waals surface area (Å²) in [6.45, 7) is 3.16. The summed E-state index contributed by atoms with van der Waals surface area (Å²) in [5, 5.41) is 8.96. The number of fused-ring (bicyclic) bond motifs is 1. The second-order valence-electron chi connectivity index (χ2n) is 6.82. The van der Waals surface area contributed by atoms with Gasteiger partial charge in [-0.1, -0.05) is 36.4 Å². The lowest BCUT2D eigenvalue weighted by molar-refractivity contribution is 0.413. The first-order valence-corrected chi connectivity index (χ1v) is 9.03. The molecule has 1 unspecified atom stereocenters. The van der Waals surface area contributed by atoms with Gasteiger partial charge in [0.05, 0.1) is 13.2 Å². The van der Waals surface area contributed by atoms with Crippen molar-refractivity contribution in [3.05, 3.63) is 71.0 Å². The van der Waals surface area contributed by atoms with E-state index in [1.165, 1.54) is 16.7 Å². The average molecular weight is 348 g/mol. The number of hydrogen-bond donors (Lipinski definition) is 0. The number of hydrogen-bond acceptors (Lipinski definition) is 4. The Morgan fingerprint density at radius 3 is 2.69 bits per heavy atom. The monoisotopic (exact) mass is 348 g/mol. The molecule has 0 N–H and O–H groups in total. The highest BCUT2D eigenvalue weighted by Gasteiger charge is 2.27. The summed E-state index contributed by atoms with van der Waals surface area (Å²) in [5.74, 6) is 2.84. The molecule has 2 heterocycles. The summed E-state index contributed by atoms with van der Waals surface area (Å²) in [6.07, 6.45) is 1.78. The van der Waals surface area contributed by atoms with Gasteiger partial charge in [-0.25, -0.2) is 0 Å². The molecule has 1 aromatic heterocycles. The van der Waals surface area contributed by atoms with Crippen molar-refractivity contribution < 1.29 is 4.74 Å². The van der Waals surface area contributed by atoms with Crippen LogP contribution in [0.1, 0.15) is 35.5 Å². The molecule has 0 saturated carbocycles. The van der Waals surface area contributed by atoms with Gasteiger partial charge >= 0.3 is 0 Å². The fourth-order valence-electron chi connectivity index (χ4n) is 3.74. The third-order valence-corrected chi connectivity index (χ3v) is 5.29. The van der Waals surface area contributed by atoms with E-state index >= 15 is 0 Å². The first-order chi connectivity index (χ1) is 12.7. The van der Waals surface area contributed by atoms with Crippen LogP contribution in [0, 0.1) is 0 Å². The van der Waals surface area contributed by atoms with Gasteiger partial charge in [0, 0.05) is 20.0 Å². The van der Waals surface area contributed by atoms with Crippen molar-refractivity contribution in [1.29, 1.82) is 0 Å². The predicted molar refractivity (Wildman–Crippen MR) is 103 cm³/mol. The maximum absolute atomic E-state index is 5.37. The zero-order valence-corrected chi connectivity index (χ0v) is 15.5. The minimum absolute atomic E-state index is 0.261. The minimum atomic E-state index is 0.261. The maximum Gasteiger partial charge on any atom is 0.227 e. The van der Waals surface area contributed by atoms with Crippen LogP contribution in [-0.4, -0.2) is 28.4 Å². The smallest absolute Gasteiger partial charge is 0.227 e. The van der Waals surface area contributed by atoms with Crippen molar-refractivity contribution in [2.45, 2.75) is 25.8 Å². The number of methoxy groups -OCH3 is 1. The molecular formula is C21H24N4O. The lowest BCUT2D eigenvalue weighted by Crippen LogP contribution is -2.35. The molecule has 134 valence electrons. The van der Waals surface area contributed by atoms with E-state index in [0.717, 1.165) is 36.9 Å². The average Bonchev–Trinajstić information content (AvgIpc) is 3.03. The molecule has 2 aromatic carbocycles. The first-order valence-electron chi connectivity index (χ1n) is 9.03. The molecular weight excluding hydrogens is 324 g/mol. The van der Waals surface area contributed by atoms with Crippen LogP contribution in [-0.2, 0) is 19.9 Å². The van der Waals surface area contributed by atoms with Crippen molar-refractivity contribution in [2.24, 2.45) is 7.05 Å². The summed E-state index contributed by atoms with van der Waals surface area (Å²) in [7, 11) is 3.78. The second-order valence-corrected chi connectivity index (χ2v) is 6.82. The highest BCUT2D eigenvalue weighted by molar-refractivity contribution is 5.46. The van der Waals surface area contributed by atoms with Crippen LogP contribution in [0.15, 0.2) is 48.5 Å². The van der Waals surface area contributed by atoms with Crippen LogP contribution in [0.4, 0.5) is 5.95 Å². The summed E-state index contributed by atoms with van der Waals surface area (Å²) in [4.78, 5) is 2.34. The number of anilines is 1. The van der Waals surface area contributed by atoms with Gasteiger partial charge < -0.3 is 14.2 Å². The summed E-state index contributed by atoms with van der Waals surface area (Å²) in [5.41, 5.74) is 3.95. The lowest BCUT2D eigenvalue weighted by Gasteiger charge is -2.35. The largest absolute Gasteiger partial charge is 0.497 e. The van der Waals surface area contributed by atoms with Gasteiger partial charge in [0.2, 0.25) is 5.95 Å². The van der Waals surface area contributed by atoms with Crippen LogP contribution in [0.25, 0.3) is 0 Å². The molecule has 3 aromatic rings. The van der Waals surface area contributed by atoms with Gasteiger partial charge in [-0.2, -0.15) is 0 Å². The van der Waals surface area contributed by atoms with E-state index in [1.807, 2.05) is 12.1 Å². The summed E-state index contributed by atoms with van der Waals surface area (Å²) < 4.78 is 7.49. The Kier molecular flexibility index (Phi) is 4.37. The molecule has 1 aliphatic heterocycles. The minimum Gasteiger partial charge on any atom is -0.497 e. The number of nitrogens with zero attached hydrogens (tertiary/aromatic N) is 4.